The molecule has 0 unspecified atom stereocenters. The van der Waals surface area contributed by atoms with Crippen LogP contribution in [0.5, 0.6) is 5.75 Å². The molecular weight excluding hydrogens is 321 g/mol. The third-order valence-corrected chi connectivity index (χ3v) is 4.05. The van der Waals surface area contributed by atoms with Crippen molar-refractivity contribution in [2.24, 2.45) is 0 Å². The smallest absolute Gasteiger partial charge is 0.126 e. The van der Waals surface area contributed by atoms with Gasteiger partial charge >= 0.3 is 0 Å². The van der Waals surface area contributed by atoms with E-state index in [4.69, 9.17) is 0 Å². The molecule has 0 saturated carbocycles. The van der Waals surface area contributed by atoms with Gasteiger partial charge in [0.2, 0.25) is 0 Å². The van der Waals surface area contributed by atoms with E-state index in [0.717, 1.165) is 56.3 Å². The van der Waals surface area contributed by atoms with Crippen LogP contribution in [0.3, 0.4) is 0 Å². The zero-order valence-electron chi connectivity index (χ0n) is 12.4. The largest absolute Gasteiger partial charge is 0.508 e. The van der Waals surface area contributed by atoms with Crippen LogP contribution in [0.4, 0.5) is 4.39 Å². The van der Waals surface area contributed by atoms with Crippen molar-refractivity contribution in [1.82, 2.24) is 4.90 Å². The van der Waals surface area contributed by atoms with Crippen LogP contribution in [0.2, 0.25) is 0 Å². The van der Waals surface area contributed by atoms with Gasteiger partial charge in [0, 0.05) is 11.6 Å². The molecule has 0 saturated heterocycles. The molecule has 1 atom stereocenters. The van der Waals surface area contributed by atoms with Crippen molar-refractivity contribution in [2.45, 2.75) is 52.0 Å². The van der Waals surface area contributed by atoms with Crippen LogP contribution in [0, 0.1) is 5.82 Å². The highest BCUT2D eigenvalue weighted by Crippen LogP contribution is 2.32. The number of fused-ring (bicyclic) bond motifs is 1. The standard InChI is InChI=1S/C16H24FNO.BrH/c1-3-9-18(10-4-2)12-5-6-13-14(11-12)16(19)8-7-15(13)17;/h7-8,12,19H,3-6,9-11H2,1-2H3;1H/t12-;/m0./s1. The first-order chi connectivity index (χ1) is 9.17. The summed E-state index contributed by atoms with van der Waals surface area (Å²) in [5.41, 5.74) is 1.55. The molecule has 0 amide bonds. The van der Waals surface area contributed by atoms with E-state index in [2.05, 4.69) is 18.7 Å². The fraction of sp³-hybridized carbons (Fsp3) is 0.625. The maximum atomic E-state index is 13.8. The lowest BCUT2D eigenvalue weighted by Gasteiger charge is -2.35. The summed E-state index contributed by atoms with van der Waals surface area (Å²) in [5, 5.41) is 9.95. The van der Waals surface area contributed by atoms with Gasteiger partial charge in [0.05, 0.1) is 0 Å². The molecule has 1 aliphatic rings. The Hall–Kier alpha value is -0.610. The van der Waals surface area contributed by atoms with E-state index in [0.29, 0.717) is 6.04 Å². The van der Waals surface area contributed by atoms with Crippen molar-refractivity contribution >= 4 is 17.0 Å². The number of nitrogens with zero attached hydrogens (tertiary/aromatic N) is 1. The normalized spacial score (nSPS) is 17.7. The number of halogens is 2. The van der Waals surface area contributed by atoms with E-state index in [1.54, 1.807) is 0 Å². The molecule has 2 rings (SSSR count). The number of phenolic OH excluding ortho intramolecular Hbond substituents is 1. The molecule has 0 spiro atoms. The SMILES string of the molecule is Br.CCCN(CCC)[C@H]1CCc2c(F)ccc(O)c2C1. The molecular formula is C16H25BrFNO. The lowest BCUT2D eigenvalue weighted by molar-refractivity contribution is 0.178. The number of aromatic hydroxyl groups is 1. The first-order valence-electron chi connectivity index (χ1n) is 7.40. The highest BCUT2D eigenvalue weighted by molar-refractivity contribution is 8.93. The van der Waals surface area contributed by atoms with Gasteiger partial charge in [0.1, 0.15) is 11.6 Å². The van der Waals surface area contributed by atoms with Crippen molar-refractivity contribution in [3.8, 4) is 5.75 Å². The second-order valence-electron chi connectivity index (χ2n) is 5.46. The van der Waals surface area contributed by atoms with Crippen molar-refractivity contribution < 1.29 is 9.50 Å². The molecule has 20 heavy (non-hydrogen) atoms. The minimum atomic E-state index is -0.163. The lowest BCUT2D eigenvalue weighted by atomic mass is 9.86. The van der Waals surface area contributed by atoms with Gasteiger partial charge in [0.15, 0.2) is 0 Å². The Kier molecular flexibility index (Phi) is 6.96. The second-order valence-corrected chi connectivity index (χ2v) is 5.46. The first kappa shape index (κ1) is 17.4. The molecule has 1 aromatic carbocycles. The maximum Gasteiger partial charge on any atom is 0.126 e. The molecule has 2 nitrogen and oxygen atoms in total. The van der Waals surface area contributed by atoms with Gasteiger partial charge < -0.3 is 10.0 Å². The molecule has 0 aliphatic heterocycles. The molecule has 0 bridgehead atoms. The molecule has 0 fully saturated rings. The quantitative estimate of drug-likeness (QED) is 0.868. The van der Waals surface area contributed by atoms with Gasteiger partial charge in [-0.15, -0.1) is 17.0 Å². The Morgan fingerprint density at radius 2 is 1.85 bits per heavy atom. The summed E-state index contributed by atoms with van der Waals surface area (Å²) in [6, 6.07) is 3.31. The van der Waals surface area contributed by atoms with E-state index in [1.165, 1.54) is 12.1 Å². The molecule has 0 radical (unpaired) electrons. The number of benzene rings is 1. The van der Waals surface area contributed by atoms with Crippen molar-refractivity contribution in [3.63, 3.8) is 0 Å². The van der Waals surface area contributed by atoms with Crippen LogP contribution in [-0.4, -0.2) is 29.1 Å². The fourth-order valence-electron chi connectivity index (χ4n) is 3.16. The number of rotatable bonds is 5. The average Bonchev–Trinajstić information content (AvgIpc) is 2.42. The number of hydrogen-bond acceptors (Lipinski definition) is 2. The number of phenols is 1. The molecule has 1 aliphatic carbocycles. The van der Waals surface area contributed by atoms with Crippen molar-refractivity contribution in [1.29, 1.82) is 0 Å². The minimum Gasteiger partial charge on any atom is -0.508 e. The van der Waals surface area contributed by atoms with Crippen LogP contribution in [0.1, 0.15) is 44.2 Å². The van der Waals surface area contributed by atoms with Crippen LogP contribution in [-0.2, 0) is 12.8 Å². The van der Waals surface area contributed by atoms with E-state index in [-0.39, 0.29) is 28.5 Å². The van der Waals surface area contributed by atoms with Gasteiger partial charge in [0.25, 0.3) is 0 Å². The summed E-state index contributed by atoms with van der Waals surface area (Å²) in [7, 11) is 0. The predicted molar refractivity (Wildman–Crippen MR) is 86.4 cm³/mol. The zero-order chi connectivity index (χ0) is 13.8. The Bertz CT molecular complexity index is 433. The summed E-state index contributed by atoms with van der Waals surface area (Å²) >= 11 is 0. The van der Waals surface area contributed by atoms with Gasteiger partial charge in [-0.25, -0.2) is 4.39 Å². The molecule has 114 valence electrons. The summed E-state index contributed by atoms with van der Waals surface area (Å²) < 4.78 is 13.8. The van der Waals surface area contributed by atoms with E-state index in [1.807, 2.05) is 0 Å². The van der Waals surface area contributed by atoms with Crippen molar-refractivity contribution in [2.75, 3.05) is 13.1 Å². The minimum absolute atomic E-state index is 0. The topological polar surface area (TPSA) is 23.5 Å². The molecule has 1 aromatic rings. The van der Waals surface area contributed by atoms with Gasteiger partial charge in [-0.1, -0.05) is 13.8 Å². The Balaban J connectivity index is 0.00000200. The molecule has 1 N–H and O–H groups in total. The third-order valence-electron chi connectivity index (χ3n) is 4.05. The Morgan fingerprint density at radius 1 is 1.20 bits per heavy atom. The van der Waals surface area contributed by atoms with Crippen LogP contribution >= 0.6 is 17.0 Å². The van der Waals surface area contributed by atoms with Gasteiger partial charge in [-0.2, -0.15) is 0 Å². The van der Waals surface area contributed by atoms with Crippen LogP contribution < -0.4 is 0 Å². The van der Waals surface area contributed by atoms with Gasteiger partial charge in [-0.05, 0) is 62.9 Å². The summed E-state index contributed by atoms with van der Waals surface area (Å²) in [4.78, 5) is 2.49. The van der Waals surface area contributed by atoms with E-state index in [9.17, 15) is 9.50 Å². The summed E-state index contributed by atoms with van der Waals surface area (Å²) in [6.07, 6.45) is 4.79. The van der Waals surface area contributed by atoms with Gasteiger partial charge in [-0.3, -0.25) is 0 Å². The lowest BCUT2D eigenvalue weighted by Crippen LogP contribution is -2.40. The fourth-order valence-corrected chi connectivity index (χ4v) is 3.16. The average molecular weight is 346 g/mol. The highest BCUT2D eigenvalue weighted by atomic mass is 79.9. The highest BCUT2D eigenvalue weighted by Gasteiger charge is 2.27. The predicted octanol–water partition coefficient (Wildman–Crippen LogP) is 4.09. The molecule has 4 heteroatoms. The summed E-state index contributed by atoms with van der Waals surface area (Å²) in [6.45, 7) is 6.56. The van der Waals surface area contributed by atoms with Crippen molar-refractivity contribution in [3.05, 3.63) is 29.1 Å². The van der Waals surface area contributed by atoms with E-state index < -0.39 is 0 Å². The summed E-state index contributed by atoms with van der Waals surface area (Å²) in [5.74, 6) is 0.0952. The molecule has 0 aromatic heterocycles. The monoisotopic (exact) mass is 345 g/mol. The zero-order valence-corrected chi connectivity index (χ0v) is 14.1. The van der Waals surface area contributed by atoms with Crippen LogP contribution in [0.15, 0.2) is 12.1 Å². The first-order valence-corrected chi connectivity index (χ1v) is 7.40. The van der Waals surface area contributed by atoms with E-state index >= 15 is 0 Å². The third kappa shape index (κ3) is 3.73. The van der Waals surface area contributed by atoms with Crippen LogP contribution in [0.25, 0.3) is 0 Å². The Labute approximate surface area is 131 Å². The number of hydrogen-bond donors (Lipinski definition) is 1. The maximum absolute atomic E-state index is 13.8. The Morgan fingerprint density at radius 3 is 2.45 bits per heavy atom. The second kappa shape index (κ2) is 7.99. The molecule has 0 heterocycles.